The number of likely N-dealkylation sites (N-methyl/N-ethyl adjacent to an activating group) is 1. The number of imidazole rings is 1. The van der Waals surface area contributed by atoms with E-state index in [1.54, 1.807) is 63.2 Å². The number of carbonyl (C=O) groups excluding carboxylic acids is 1. The fourth-order valence-corrected chi connectivity index (χ4v) is 5.02. The van der Waals surface area contributed by atoms with Crippen molar-refractivity contribution < 1.29 is 9.53 Å². The van der Waals surface area contributed by atoms with Crippen molar-refractivity contribution in [3.63, 3.8) is 0 Å². The number of nitrogens with zero attached hydrogens (tertiary/aromatic N) is 5. The minimum absolute atomic E-state index is 0.0762. The summed E-state index contributed by atoms with van der Waals surface area (Å²) in [6.45, 7) is 3.79. The molecule has 0 saturated heterocycles. The molecule has 0 bridgehead atoms. The van der Waals surface area contributed by atoms with Gasteiger partial charge in [0, 0.05) is 48.3 Å². The molecule has 5 heterocycles. The Morgan fingerprint density at radius 2 is 1.84 bits per heavy atom. The van der Waals surface area contributed by atoms with Gasteiger partial charge in [-0.1, -0.05) is 5.92 Å². The van der Waals surface area contributed by atoms with Gasteiger partial charge in [-0.3, -0.25) is 14.0 Å². The standard InChI is InChI=1S/C35H31N7O3/c1-21-16-17-42-30(18-21)40-33(25-8-14-31(45-5)37-20-25)34(42)26-10-13-29(39-35(44)22(2)36-3)38-27(26)11-6-23-7-12-28-24(19-23)9-15-32(43)41(28)4/h7-10,12-20,22,36H,1-5H3,(H,38,39,44). The van der Waals surface area contributed by atoms with Gasteiger partial charge < -0.3 is 19.9 Å². The topological polar surface area (TPSA) is 115 Å². The van der Waals surface area contributed by atoms with E-state index in [1.807, 2.05) is 60.0 Å². The molecule has 5 aromatic heterocycles. The molecule has 0 radical (unpaired) electrons. The first-order valence-electron chi connectivity index (χ1n) is 14.4. The molecule has 0 aliphatic rings. The summed E-state index contributed by atoms with van der Waals surface area (Å²) >= 11 is 0. The molecule has 6 aromatic rings. The average molecular weight is 598 g/mol. The van der Waals surface area contributed by atoms with Crippen LogP contribution in [0.15, 0.2) is 83.9 Å². The van der Waals surface area contributed by atoms with Gasteiger partial charge in [0.25, 0.3) is 5.56 Å². The number of methoxy groups -OCH3 is 1. The second-order valence-corrected chi connectivity index (χ2v) is 10.7. The molecule has 224 valence electrons. The molecule has 0 fully saturated rings. The van der Waals surface area contributed by atoms with E-state index < -0.39 is 6.04 Å². The van der Waals surface area contributed by atoms with Gasteiger partial charge in [0.1, 0.15) is 17.2 Å². The molecule has 2 N–H and O–H groups in total. The molecule has 45 heavy (non-hydrogen) atoms. The zero-order chi connectivity index (χ0) is 31.7. The molecule has 1 unspecified atom stereocenters. The fourth-order valence-electron chi connectivity index (χ4n) is 5.02. The first kappa shape index (κ1) is 29.3. The van der Waals surface area contributed by atoms with E-state index >= 15 is 0 Å². The predicted molar refractivity (Wildman–Crippen MR) is 175 cm³/mol. The van der Waals surface area contributed by atoms with Crippen molar-refractivity contribution in [2.24, 2.45) is 7.05 Å². The summed E-state index contributed by atoms with van der Waals surface area (Å²) in [7, 11) is 5.04. The number of aryl methyl sites for hydroxylation is 2. The SMILES string of the molecule is CNC(C)C(=O)Nc1ccc(-c2c(-c3ccc(OC)nc3)nc3cc(C)ccn23)c(C#Cc2ccc3c(ccc(=O)n3C)c2)n1. The smallest absolute Gasteiger partial charge is 0.250 e. The Balaban J connectivity index is 1.54. The maximum atomic E-state index is 12.7. The largest absolute Gasteiger partial charge is 0.481 e. The van der Waals surface area contributed by atoms with Gasteiger partial charge in [0.15, 0.2) is 0 Å². The van der Waals surface area contributed by atoms with Crippen LogP contribution in [-0.4, -0.2) is 50.0 Å². The quantitative estimate of drug-likeness (QED) is 0.270. The summed E-state index contributed by atoms with van der Waals surface area (Å²) in [6.07, 6.45) is 3.70. The van der Waals surface area contributed by atoms with Crippen LogP contribution in [0.4, 0.5) is 5.82 Å². The van der Waals surface area contributed by atoms with Gasteiger partial charge in [-0.25, -0.2) is 15.0 Å². The Morgan fingerprint density at radius 3 is 2.60 bits per heavy atom. The zero-order valence-corrected chi connectivity index (χ0v) is 25.5. The number of amides is 1. The molecule has 10 nitrogen and oxygen atoms in total. The second kappa shape index (κ2) is 12.1. The highest BCUT2D eigenvalue weighted by Gasteiger charge is 2.21. The van der Waals surface area contributed by atoms with Gasteiger partial charge in [0.2, 0.25) is 11.8 Å². The highest BCUT2D eigenvalue weighted by Crippen LogP contribution is 2.35. The van der Waals surface area contributed by atoms with E-state index in [4.69, 9.17) is 14.7 Å². The third-order valence-corrected chi connectivity index (χ3v) is 7.68. The van der Waals surface area contributed by atoms with Crippen LogP contribution in [-0.2, 0) is 11.8 Å². The lowest BCUT2D eigenvalue weighted by Gasteiger charge is -2.13. The summed E-state index contributed by atoms with van der Waals surface area (Å²) in [5.74, 6) is 7.18. The Bertz CT molecular complexity index is 2210. The highest BCUT2D eigenvalue weighted by molar-refractivity contribution is 5.94. The van der Waals surface area contributed by atoms with Crippen LogP contribution in [0, 0.1) is 18.8 Å². The average Bonchev–Trinajstić information content (AvgIpc) is 3.43. The van der Waals surface area contributed by atoms with Crippen LogP contribution in [0.2, 0.25) is 0 Å². The number of anilines is 1. The summed E-state index contributed by atoms with van der Waals surface area (Å²) in [6, 6.07) is 20.0. The van der Waals surface area contributed by atoms with Crippen molar-refractivity contribution in [2.45, 2.75) is 19.9 Å². The maximum absolute atomic E-state index is 12.7. The minimum atomic E-state index is -0.411. The van der Waals surface area contributed by atoms with E-state index in [9.17, 15) is 9.59 Å². The molecule has 1 atom stereocenters. The van der Waals surface area contributed by atoms with E-state index in [0.29, 0.717) is 23.1 Å². The van der Waals surface area contributed by atoms with Crippen LogP contribution in [0.3, 0.4) is 0 Å². The van der Waals surface area contributed by atoms with Gasteiger partial charge >= 0.3 is 0 Å². The number of fused-ring (bicyclic) bond motifs is 2. The number of nitrogens with one attached hydrogen (secondary N) is 2. The van der Waals surface area contributed by atoms with E-state index in [0.717, 1.165) is 44.5 Å². The molecule has 0 aliphatic carbocycles. The van der Waals surface area contributed by atoms with Crippen LogP contribution in [0.25, 0.3) is 39.1 Å². The van der Waals surface area contributed by atoms with Gasteiger partial charge in [-0.2, -0.15) is 0 Å². The van der Waals surface area contributed by atoms with Gasteiger partial charge in [0.05, 0.1) is 30.1 Å². The first-order valence-corrected chi connectivity index (χ1v) is 14.4. The predicted octanol–water partition coefficient (Wildman–Crippen LogP) is 4.57. The lowest BCUT2D eigenvalue weighted by molar-refractivity contribution is -0.117. The molecule has 10 heteroatoms. The third kappa shape index (κ3) is 5.77. The number of hydrogen-bond donors (Lipinski definition) is 2. The number of carbonyl (C=O) groups is 1. The van der Waals surface area contributed by atoms with Crippen LogP contribution in [0.5, 0.6) is 5.88 Å². The van der Waals surface area contributed by atoms with Crippen molar-refractivity contribution in [2.75, 3.05) is 19.5 Å². The Hall–Kier alpha value is -5.79. The number of rotatable bonds is 6. The second-order valence-electron chi connectivity index (χ2n) is 10.7. The number of hydrogen-bond acceptors (Lipinski definition) is 7. The molecular weight excluding hydrogens is 566 g/mol. The van der Waals surface area contributed by atoms with Crippen molar-refractivity contribution >= 4 is 28.3 Å². The first-order chi connectivity index (χ1) is 21.7. The lowest BCUT2D eigenvalue weighted by Crippen LogP contribution is -2.35. The van der Waals surface area contributed by atoms with Crippen LogP contribution in [0.1, 0.15) is 23.7 Å². The lowest BCUT2D eigenvalue weighted by atomic mass is 10.0. The van der Waals surface area contributed by atoms with E-state index in [1.165, 1.54) is 0 Å². The molecule has 0 saturated carbocycles. The Kier molecular flexibility index (Phi) is 7.86. The van der Waals surface area contributed by atoms with Crippen molar-refractivity contribution in [3.05, 3.63) is 106 Å². The van der Waals surface area contributed by atoms with Gasteiger partial charge in [-0.15, -0.1) is 0 Å². The monoisotopic (exact) mass is 597 g/mol. The normalized spacial score (nSPS) is 11.7. The molecule has 0 aliphatic heterocycles. The molecular formula is C35H31N7O3. The molecule has 0 spiro atoms. The Morgan fingerprint density at radius 1 is 1.00 bits per heavy atom. The molecule has 1 aromatic carbocycles. The summed E-state index contributed by atoms with van der Waals surface area (Å²) in [4.78, 5) is 39.0. The zero-order valence-electron chi connectivity index (χ0n) is 25.5. The summed E-state index contributed by atoms with van der Waals surface area (Å²) in [5.41, 5.74) is 6.78. The van der Waals surface area contributed by atoms with Crippen LogP contribution >= 0.6 is 0 Å². The number of ether oxygens (including phenoxy) is 1. The van der Waals surface area contributed by atoms with Gasteiger partial charge in [-0.05, 0) is 92.4 Å². The van der Waals surface area contributed by atoms with Crippen molar-refractivity contribution in [1.82, 2.24) is 29.2 Å². The third-order valence-electron chi connectivity index (χ3n) is 7.68. The minimum Gasteiger partial charge on any atom is -0.481 e. The van der Waals surface area contributed by atoms with E-state index in [-0.39, 0.29) is 11.5 Å². The van der Waals surface area contributed by atoms with E-state index in [2.05, 4.69) is 27.5 Å². The molecule has 6 rings (SSSR count). The number of pyridine rings is 4. The highest BCUT2D eigenvalue weighted by atomic mass is 16.5. The summed E-state index contributed by atoms with van der Waals surface area (Å²) < 4.78 is 8.89. The Labute approximate surface area is 259 Å². The number of aromatic nitrogens is 5. The van der Waals surface area contributed by atoms with Crippen molar-refractivity contribution in [3.8, 4) is 40.2 Å². The number of benzene rings is 1. The maximum Gasteiger partial charge on any atom is 0.250 e. The van der Waals surface area contributed by atoms with Crippen molar-refractivity contribution in [1.29, 1.82) is 0 Å². The van der Waals surface area contributed by atoms with Crippen LogP contribution < -0.4 is 20.9 Å². The molecule has 1 amide bonds. The fraction of sp³-hybridized carbons (Fsp3) is 0.171. The summed E-state index contributed by atoms with van der Waals surface area (Å²) in [5, 5.41) is 6.72.